The molecule has 2 aromatic carbocycles. The third-order valence-corrected chi connectivity index (χ3v) is 5.98. The largest absolute Gasteiger partial charge is 0.375 e. The molecule has 1 aliphatic heterocycles. The van der Waals surface area contributed by atoms with Crippen molar-refractivity contribution in [3.63, 3.8) is 0 Å². The maximum Gasteiger partial charge on any atom is 0.310 e. The molecule has 0 amide bonds. The van der Waals surface area contributed by atoms with E-state index in [0.717, 1.165) is 29.4 Å². The molecule has 1 atom stereocenters. The molecule has 2 aromatic rings. The number of sulfone groups is 1. The van der Waals surface area contributed by atoms with Crippen LogP contribution >= 0.6 is 15.9 Å². The van der Waals surface area contributed by atoms with E-state index in [1.54, 1.807) is 6.07 Å². The molecule has 1 fully saturated rings. The van der Waals surface area contributed by atoms with E-state index in [4.69, 9.17) is 0 Å². The lowest BCUT2D eigenvalue weighted by molar-refractivity contribution is -0.386. The Kier molecular flexibility index (Phi) is 5.19. The monoisotopic (exact) mass is 439 g/mol. The van der Waals surface area contributed by atoms with Crippen LogP contribution in [0.25, 0.3) is 0 Å². The van der Waals surface area contributed by atoms with Crippen LogP contribution in [0.15, 0.2) is 51.8 Å². The molecule has 0 spiro atoms. The summed E-state index contributed by atoms with van der Waals surface area (Å²) in [6.07, 6.45) is 1.78. The average Bonchev–Trinajstić information content (AvgIpc) is 3.03. The fourth-order valence-corrected chi connectivity index (χ4v) is 4.24. The van der Waals surface area contributed by atoms with Crippen LogP contribution in [0.2, 0.25) is 0 Å². The highest BCUT2D eigenvalue weighted by molar-refractivity contribution is 9.10. The van der Waals surface area contributed by atoms with Gasteiger partial charge in [0.15, 0.2) is 9.84 Å². The summed E-state index contributed by atoms with van der Waals surface area (Å²) in [5, 5.41) is 14.6. The Morgan fingerprint density at radius 3 is 2.54 bits per heavy atom. The topological polar surface area (TPSA) is 92.6 Å². The van der Waals surface area contributed by atoms with Gasteiger partial charge in [-0.15, -0.1) is 0 Å². The minimum atomic E-state index is -3.69. The molecular weight excluding hydrogens is 422 g/mol. The van der Waals surface area contributed by atoms with E-state index in [1.165, 1.54) is 12.1 Å². The van der Waals surface area contributed by atoms with Crippen LogP contribution in [0.3, 0.4) is 0 Å². The van der Waals surface area contributed by atoms with Gasteiger partial charge in [0, 0.05) is 35.5 Å². The normalized spacial score (nSPS) is 17.3. The number of hydrogen-bond donors (Lipinski definition) is 1. The Balaban J connectivity index is 1.82. The van der Waals surface area contributed by atoms with E-state index in [1.807, 2.05) is 24.3 Å². The highest BCUT2D eigenvalue weighted by atomic mass is 79.9. The fraction of sp³-hybridized carbons (Fsp3) is 0.294. The third kappa shape index (κ3) is 3.99. The van der Waals surface area contributed by atoms with Crippen molar-refractivity contribution in [1.29, 1.82) is 0 Å². The van der Waals surface area contributed by atoms with Gasteiger partial charge in [0.2, 0.25) is 0 Å². The number of nitro benzene ring substituents is 1. The van der Waals surface area contributed by atoms with Gasteiger partial charge >= 0.3 is 5.69 Å². The smallest absolute Gasteiger partial charge is 0.310 e. The van der Waals surface area contributed by atoms with Crippen LogP contribution in [0, 0.1) is 10.1 Å². The molecule has 1 N–H and O–H groups in total. The van der Waals surface area contributed by atoms with Crippen LogP contribution in [-0.2, 0) is 9.84 Å². The summed E-state index contributed by atoms with van der Waals surface area (Å²) in [4.78, 5) is 12.8. The minimum Gasteiger partial charge on any atom is -0.375 e. The summed E-state index contributed by atoms with van der Waals surface area (Å²) in [6.45, 7) is 1.50. The van der Waals surface area contributed by atoms with Crippen LogP contribution < -0.4 is 10.2 Å². The van der Waals surface area contributed by atoms with Crippen LogP contribution in [0.5, 0.6) is 0 Å². The molecule has 1 heterocycles. The zero-order valence-electron chi connectivity index (χ0n) is 14.1. The predicted octanol–water partition coefficient (Wildman–Crippen LogP) is 3.45. The molecule has 7 nitrogen and oxygen atoms in total. The van der Waals surface area contributed by atoms with Gasteiger partial charge in [-0.3, -0.25) is 10.1 Å². The van der Waals surface area contributed by atoms with Gasteiger partial charge in [0.25, 0.3) is 0 Å². The molecule has 0 aromatic heterocycles. The first-order valence-corrected chi connectivity index (χ1v) is 10.7. The van der Waals surface area contributed by atoms with Crippen molar-refractivity contribution in [2.75, 3.05) is 29.6 Å². The van der Waals surface area contributed by atoms with E-state index in [2.05, 4.69) is 26.1 Å². The molecule has 0 bridgehead atoms. The second-order valence-corrected chi connectivity index (χ2v) is 9.13. The van der Waals surface area contributed by atoms with E-state index in [9.17, 15) is 18.5 Å². The summed E-state index contributed by atoms with van der Waals surface area (Å²) in [5.74, 6) is 0. The van der Waals surface area contributed by atoms with Crippen molar-refractivity contribution in [2.45, 2.75) is 17.4 Å². The number of nitrogens with zero attached hydrogens (tertiary/aromatic N) is 2. The maximum atomic E-state index is 11.9. The number of rotatable bonds is 5. The zero-order chi connectivity index (χ0) is 18.9. The molecular formula is C17H18BrN3O4S. The lowest BCUT2D eigenvalue weighted by atomic mass is 10.2. The van der Waals surface area contributed by atoms with E-state index < -0.39 is 20.4 Å². The SMILES string of the molecule is CS(=O)(=O)c1cccc(NC2CCN(c3ccc(Br)cc3)C2)c1[N+](=O)[O-]. The van der Waals surface area contributed by atoms with E-state index in [-0.39, 0.29) is 16.6 Å². The summed E-state index contributed by atoms with van der Waals surface area (Å²) >= 11 is 3.41. The molecule has 0 radical (unpaired) electrons. The first-order chi connectivity index (χ1) is 12.3. The molecule has 1 saturated heterocycles. The maximum absolute atomic E-state index is 11.9. The van der Waals surface area contributed by atoms with Gasteiger partial charge in [0.1, 0.15) is 10.6 Å². The highest BCUT2D eigenvalue weighted by Crippen LogP contribution is 2.33. The van der Waals surface area contributed by atoms with Crippen molar-refractivity contribution < 1.29 is 13.3 Å². The molecule has 26 heavy (non-hydrogen) atoms. The number of nitrogens with one attached hydrogen (secondary N) is 1. The molecule has 1 unspecified atom stereocenters. The number of benzene rings is 2. The van der Waals surface area contributed by atoms with Crippen LogP contribution in [-0.4, -0.2) is 38.7 Å². The lowest BCUT2D eigenvalue weighted by Crippen LogP contribution is -2.26. The Labute approximate surface area is 160 Å². The van der Waals surface area contributed by atoms with Crippen LogP contribution in [0.4, 0.5) is 17.1 Å². The number of anilines is 2. The summed E-state index contributed by atoms with van der Waals surface area (Å²) in [6, 6.07) is 12.3. The van der Waals surface area contributed by atoms with Gasteiger partial charge < -0.3 is 10.2 Å². The first-order valence-electron chi connectivity index (χ1n) is 8.00. The van der Waals surface area contributed by atoms with Crippen molar-refractivity contribution in [3.8, 4) is 0 Å². The molecule has 0 aliphatic carbocycles. The van der Waals surface area contributed by atoms with Crippen molar-refractivity contribution in [1.82, 2.24) is 0 Å². The van der Waals surface area contributed by atoms with Gasteiger partial charge in [-0.1, -0.05) is 22.0 Å². The molecule has 0 saturated carbocycles. The highest BCUT2D eigenvalue weighted by Gasteiger charge is 2.29. The number of hydrogen-bond acceptors (Lipinski definition) is 6. The summed E-state index contributed by atoms with van der Waals surface area (Å²) < 4.78 is 24.7. The molecule has 9 heteroatoms. The third-order valence-electron chi connectivity index (χ3n) is 4.32. The van der Waals surface area contributed by atoms with E-state index >= 15 is 0 Å². The average molecular weight is 440 g/mol. The van der Waals surface area contributed by atoms with Gasteiger partial charge in [-0.05, 0) is 42.8 Å². The van der Waals surface area contributed by atoms with Crippen molar-refractivity contribution in [3.05, 3.63) is 57.1 Å². The fourth-order valence-electron chi connectivity index (χ4n) is 3.11. The number of halogens is 1. The molecule has 3 rings (SSSR count). The molecule has 138 valence electrons. The zero-order valence-corrected chi connectivity index (χ0v) is 16.5. The Morgan fingerprint density at radius 2 is 1.92 bits per heavy atom. The van der Waals surface area contributed by atoms with Crippen molar-refractivity contribution >= 4 is 42.8 Å². The van der Waals surface area contributed by atoms with Gasteiger partial charge in [-0.2, -0.15) is 0 Å². The van der Waals surface area contributed by atoms with E-state index in [0.29, 0.717) is 6.54 Å². The second kappa shape index (κ2) is 7.24. The second-order valence-electron chi connectivity index (χ2n) is 6.23. The quantitative estimate of drug-likeness (QED) is 0.566. The Hall–Kier alpha value is -2.13. The minimum absolute atomic E-state index is 0.00726. The Bertz CT molecular complexity index is 932. The standard InChI is InChI=1S/C17H18BrN3O4S/c1-26(24,25)16-4-2-3-15(17(16)21(22)23)19-13-9-10-20(11-13)14-7-5-12(18)6-8-14/h2-8,13,19H,9-11H2,1H3. The lowest BCUT2D eigenvalue weighted by Gasteiger charge is -2.20. The predicted molar refractivity (Wildman–Crippen MR) is 105 cm³/mol. The molecule has 1 aliphatic rings. The summed E-state index contributed by atoms with van der Waals surface area (Å²) in [7, 11) is -3.69. The first kappa shape index (κ1) is 18.7. The van der Waals surface area contributed by atoms with Gasteiger partial charge in [-0.25, -0.2) is 8.42 Å². The Morgan fingerprint density at radius 1 is 1.23 bits per heavy atom. The van der Waals surface area contributed by atoms with Crippen LogP contribution in [0.1, 0.15) is 6.42 Å². The number of para-hydroxylation sites is 1. The number of nitro groups is 1. The summed E-state index contributed by atoms with van der Waals surface area (Å²) in [5.41, 5.74) is 0.926. The van der Waals surface area contributed by atoms with Crippen molar-refractivity contribution in [2.24, 2.45) is 0 Å². The van der Waals surface area contributed by atoms with Gasteiger partial charge in [0.05, 0.1) is 4.92 Å².